The van der Waals surface area contributed by atoms with Gasteiger partial charge in [0.05, 0.1) is 24.6 Å². The first kappa shape index (κ1) is 25.6. The van der Waals surface area contributed by atoms with Gasteiger partial charge >= 0.3 is 0 Å². The number of nitrogen functional groups attached to an aromatic ring is 1. The number of furan rings is 1. The number of nitrogens with two attached hydrogens (primary N) is 1. The summed E-state index contributed by atoms with van der Waals surface area (Å²) in [6, 6.07) is 21.2. The second kappa shape index (κ2) is 12.5. The van der Waals surface area contributed by atoms with Crippen molar-refractivity contribution >= 4 is 40.5 Å². The second-order valence-electron chi connectivity index (χ2n) is 8.19. The topological polar surface area (TPSA) is 116 Å². The minimum atomic E-state index is -0.259. The number of hydrogen-bond acceptors (Lipinski definition) is 7. The van der Waals surface area contributed by atoms with E-state index in [1.54, 1.807) is 61.7 Å². The van der Waals surface area contributed by atoms with Crippen molar-refractivity contribution in [3.8, 4) is 11.5 Å². The molecule has 0 aliphatic rings. The molecule has 0 aliphatic heterocycles. The van der Waals surface area contributed by atoms with Crippen molar-refractivity contribution in [1.29, 1.82) is 0 Å². The highest BCUT2D eigenvalue weighted by Crippen LogP contribution is 2.29. The zero-order valence-corrected chi connectivity index (χ0v) is 20.5. The summed E-state index contributed by atoms with van der Waals surface area (Å²) in [4.78, 5) is 25.6. The average Bonchev–Trinajstić information content (AvgIpc) is 3.34. The first-order valence-electron chi connectivity index (χ1n) is 11.8. The first-order chi connectivity index (χ1) is 18.1. The molecule has 1 aromatic heterocycles. The van der Waals surface area contributed by atoms with Gasteiger partial charge in [-0.1, -0.05) is 12.1 Å². The van der Waals surface area contributed by atoms with Gasteiger partial charge in [-0.3, -0.25) is 14.5 Å². The lowest BCUT2D eigenvalue weighted by Gasteiger charge is -2.14. The fourth-order valence-corrected chi connectivity index (χ4v) is 3.62. The monoisotopic (exact) mass is 503 g/mol. The Morgan fingerprint density at radius 2 is 1.73 bits per heavy atom. The number of fused-ring (bicyclic) bond motifs is 1. The standard InChI is InChI=1S/C28H29N3O6/c1-34-15-16-36-23-12-9-21-17-27(37-26(21)18-23)31(19-32)13-4-14-35-22-10-7-20(8-11-22)28(33)30-25-6-3-2-5-24(25)29/h2-3,5-12,17-19H,4,13-16,29H2,1H3,(H,30,33). The van der Waals surface area contributed by atoms with E-state index in [-0.39, 0.29) is 5.91 Å². The van der Waals surface area contributed by atoms with Gasteiger partial charge in [-0.25, -0.2) is 0 Å². The van der Waals surface area contributed by atoms with Crippen LogP contribution in [0, 0.1) is 0 Å². The number of amides is 2. The third-order valence-corrected chi connectivity index (χ3v) is 5.58. The van der Waals surface area contributed by atoms with E-state index < -0.39 is 0 Å². The molecular formula is C28H29N3O6. The Hall–Kier alpha value is -4.50. The van der Waals surface area contributed by atoms with Gasteiger partial charge in [-0.05, 0) is 55.0 Å². The van der Waals surface area contributed by atoms with Gasteiger partial charge in [0.15, 0.2) is 0 Å². The van der Waals surface area contributed by atoms with Crippen LogP contribution in [0.15, 0.2) is 77.2 Å². The summed E-state index contributed by atoms with van der Waals surface area (Å²) < 4.78 is 22.2. The predicted molar refractivity (Wildman–Crippen MR) is 142 cm³/mol. The molecule has 0 saturated carbocycles. The van der Waals surface area contributed by atoms with E-state index in [0.717, 1.165) is 11.8 Å². The Balaban J connectivity index is 1.26. The number of hydrogen-bond donors (Lipinski definition) is 2. The molecule has 0 atom stereocenters. The van der Waals surface area contributed by atoms with E-state index in [1.807, 2.05) is 18.2 Å². The smallest absolute Gasteiger partial charge is 0.255 e. The normalized spacial score (nSPS) is 10.7. The Morgan fingerprint density at radius 3 is 2.49 bits per heavy atom. The van der Waals surface area contributed by atoms with Crippen LogP contribution in [-0.4, -0.2) is 45.8 Å². The SMILES string of the molecule is COCCOc1ccc2cc(N(C=O)CCCOc3ccc(C(=O)Nc4ccccc4N)cc3)oc2c1. The maximum atomic E-state index is 12.5. The van der Waals surface area contributed by atoms with Crippen LogP contribution >= 0.6 is 0 Å². The zero-order chi connectivity index (χ0) is 26.0. The maximum absolute atomic E-state index is 12.5. The number of benzene rings is 3. The van der Waals surface area contributed by atoms with Gasteiger partial charge in [0.25, 0.3) is 5.91 Å². The second-order valence-corrected chi connectivity index (χ2v) is 8.19. The average molecular weight is 504 g/mol. The number of rotatable bonds is 13. The molecule has 0 saturated heterocycles. The lowest BCUT2D eigenvalue weighted by molar-refractivity contribution is -0.107. The van der Waals surface area contributed by atoms with E-state index in [2.05, 4.69) is 5.32 Å². The van der Waals surface area contributed by atoms with Crippen LogP contribution in [0.4, 0.5) is 17.3 Å². The predicted octanol–water partition coefficient (Wildman–Crippen LogP) is 4.72. The van der Waals surface area contributed by atoms with E-state index >= 15 is 0 Å². The van der Waals surface area contributed by atoms with Crippen LogP contribution in [0.25, 0.3) is 11.0 Å². The van der Waals surface area contributed by atoms with E-state index in [1.165, 1.54) is 4.90 Å². The minimum Gasteiger partial charge on any atom is -0.494 e. The highest BCUT2D eigenvalue weighted by molar-refractivity contribution is 6.05. The fourth-order valence-electron chi connectivity index (χ4n) is 3.62. The maximum Gasteiger partial charge on any atom is 0.255 e. The molecule has 2 amide bonds. The summed E-state index contributed by atoms with van der Waals surface area (Å²) in [6.45, 7) is 1.73. The Labute approximate surface area is 214 Å². The molecule has 4 aromatic rings. The lowest BCUT2D eigenvalue weighted by atomic mass is 10.2. The van der Waals surface area contributed by atoms with E-state index in [9.17, 15) is 9.59 Å². The van der Waals surface area contributed by atoms with Gasteiger partial charge in [0.2, 0.25) is 12.3 Å². The third-order valence-electron chi connectivity index (χ3n) is 5.58. The highest BCUT2D eigenvalue weighted by Gasteiger charge is 2.13. The lowest BCUT2D eigenvalue weighted by Crippen LogP contribution is -2.23. The van der Waals surface area contributed by atoms with Gasteiger partial charge < -0.3 is 29.7 Å². The molecule has 0 spiro atoms. The molecule has 192 valence electrons. The number of para-hydroxylation sites is 2. The minimum absolute atomic E-state index is 0.259. The van der Waals surface area contributed by atoms with Crippen LogP contribution in [0.2, 0.25) is 0 Å². The van der Waals surface area contributed by atoms with E-state index in [4.69, 9.17) is 24.4 Å². The number of nitrogens with zero attached hydrogens (tertiary/aromatic N) is 1. The molecule has 0 bridgehead atoms. The summed E-state index contributed by atoms with van der Waals surface area (Å²) in [5.74, 6) is 1.49. The van der Waals surface area contributed by atoms with Crippen molar-refractivity contribution in [2.75, 3.05) is 49.4 Å². The quantitative estimate of drug-likeness (QED) is 0.154. The molecule has 3 N–H and O–H groups in total. The number of methoxy groups -OCH3 is 1. The summed E-state index contributed by atoms with van der Waals surface area (Å²) in [5.41, 5.74) is 8.06. The number of ether oxygens (including phenoxy) is 3. The molecule has 1 heterocycles. The van der Waals surface area contributed by atoms with Crippen molar-refractivity contribution < 1.29 is 28.2 Å². The van der Waals surface area contributed by atoms with Crippen molar-refractivity contribution in [2.45, 2.75) is 6.42 Å². The molecule has 3 aromatic carbocycles. The molecule has 4 rings (SSSR count). The molecule has 9 nitrogen and oxygen atoms in total. The highest BCUT2D eigenvalue weighted by atomic mass is 16.5. The number of nitrogens with one attached hydrogen (secondary N) is 1. The molecule has 0 radical (unpaired) electrons. The summed E-state index contributed by atoms with van der Waals surface area (Å²) in [7, 11) is 1.62. The van der Waals surface area contributed by atoms with Crippen LogP contribution in [0.1, 0.15) is 16.8 Å². The molecule has 0 fully saturated rings. The molecule has 9 heteroatoms. The van der Waals surface area contributed by atoms with Crippen molar-refractivity contribution in [3.63, 3.8) is 0 Å². The zero-order valence-electron chi connectivity index (χ0n) is 20.5. The largest absolute Gasteiger partial charge is 0.494 e. The number of anilines is 3. The van der Waals surface area contributed by atoms with Gasteiger partial charge in [0, 0.05) is 36.7 Å². The third kappa shape index (κ3) is 6.80. The van der Waals surface area contributed by atoms with E-state index in [0.29, 0.717) is 72.7 Å². The summed E-state index contributed by atoms with van der Waals surface area (Å²) >= 11 is 0. The Kier molecular flexibility index (Phi) is 8.62. The van der Waals surface area contributed by atoms with Crippen LogP contribution in [0.3, 0.4) is 0 Å². The van der Waals surface area contributed by atoms with Gasteiger partial charge in [-0.2, -0.15) is 0 Å². The Morgan fingerprint density at radius 1 is 0.973 bits per heavy atom. The number of carbonyl (C=O) groups is 2. The summed E-state index contributed by atoms with van der Waals surface area (Å²) in [6.07, 6.45) is 1.32. The van der Waals surface area contributed by atoms with Crippen LogP contribution < -0.4 is 25.4 Å². The van der Waals surface area contributed by atoms with Gasteiger partial charge in [-0.15, -0.1) is 0 Å². The van der Waals surface area contributed by atoms with Gasteiger partial charge in [0.1, 0.15) is 23.7 Å². The Bertz CT molecular complexity index is 1340. The fraction of sp³-hybridized carbons (Fsp3) is 0.214. The van der Waals surface area contributed by atoms with Crippen molar-refractivity contribution in [3.05, 3.63) is 78.4 Å². The molecular weight excluding hydrogens is 474 g/mol. The van der Waals surface area contributed by atoms with Crippen LogP contribution in [-0.2, 0) is 9.53 Å². The van der Waals surface area contributed by atoms with Crippen LogP contribution in [0.5, 0.6) is 11.5 Å². The first-order valence-corrected chi connectivity index (χ1v) is 11.8. The number of carbonyl (C=O) groups excluding carboxylic acids is 2. The molecule has 37 heavy (non-hydrogen) atoms. The molecule has 0 aliphatic carbocycles. The molecule has 0 unspecified atom stereocenters. The van der Waals surface area contributed by atoms with Crippen molar-refractivity contribution in [2.24, 2.45) is 0 Å². The van der Waals surface area contributed by atoms with Crippen molar-refractivity contribution in [1.82, 2.24) is 0 Å². The summed E-state index contributed by atoms with van der Waals surface area (Å²) in [5, 5.41) is 3.66.